The van der Waals surface area contributed by atoms with Crippen molar-refractivity contribution in [1.82, 2.24) is 20.4 Å². The van der Waals surface area contributed by atoms with Gasteiger partial charge in [0, 0.05) is 33.2 Å². The lowest BCUT2D eigenvalue weighted by Crippen LogP contribution is -2.43. The van der Waals surface area contributed by atoms with E-state index in [1.54, 1.807) is 14.0 Å². The Labute approximate surface area is 144 Å². The summed E-state index contributed by atoms with van der Waals surface area (Å²) in [4.78, 5) is 32.2. The lowest BCUT2D eigenvalue weighted by Gasteiger charge is -2.24. The summed E-state index contributed by atoms with van der Waals surface area (Å²) in [7, 11) is 1.79. The number of nitrogens with one attached hydrogen (secondary N) is 2. The number of rotatable bonds is 5. The summed E-state index contributed by atoms with van der Waals surface area (Å²) < 4.78 is 0. The van der Waals surface area contributed by atoms with Gasteiger partial charge in [0.2, 0.25) is 0 Å². The van der Waals surface area contributed by atoms with Crippen LogP contribution in [0.15, 0.2) is 4.99 Å². The van der Waals surface area contributed by atoms with Crippen molar-refractivity contribution in [1.29, 1.82) is 0 Å². The van der Waals surface area contributed by atoms with Crippen LogP contribution in [0, 0.1) is 5.41 Å². The fraction of sp³-hybridized carbons (Fsp3) is 0.824. The summed E-state index contributed by atoms with van der Waals surface area (Å²) in [6, 6.07) is -0.282. The molecule has 0 saturated carbocycles. The molecule has 2 aliphatic rings. The second-order valence-corrected chi connectivity index (χ2v) is 7.74. The average Bonchev–Trinajstić information content (AvgIpc) is 2.99. The molecule has 3 amide bonds. The van der Waals surface area contributed by atoms with Crippen LogP contribution in [0.5, 0.6) is 0 Å². The number of hydrogen-bond donors (Lipinski definition) is 2. The van der Waals surface area contributed by atoms with Gasteiger partial charge >= 0.3 is 6.03 Å². The minimum absolute atomic E-state index is 0.124. The highest BCUT2D eigenvalue weighted by Crippen LogP contribution is 2.28. The Hall–Kier alpha value is -1.79. The second kappa shape index (κ2) is 6.99. The Kier molecular flexibility index (Phi) is 5.40. The zero-order valence-corrected chi connectivity index (χ0v) is 15.6. The van der Waals surface area contributed by atoms with Crippen LogP contribution < -0.4 is 10.6 Å². The van der Waals surface area contributed by atoms with Crippen molar-refractivity contribution in [3.05, 3.63) is 0 Å². The number of guanidine groups is 1. The summed E-state index contributed by atoms with van der Waals surface area (Å²) in [6.45, 7) is 11.3. The Morgan fingerprint density at radius 1 is 1.33 bits per heavy atom. The molecule has 136 valence electrons. The molecule has 0 aromatic rings. The van der Waals surface area contributed by atoms with Crippen LogP contribution in [-0.4, -0.2) is 66.5 Å². The number of aliphatic imine (C=N–C) groups is 1. The van der Waals surface area contributed by atoms with Crippen LogP contribution >= 0.6 is 0 Å². The van der Waals surface area contributed by atoms with Crippen LogP contribution in [0.1, 0.15) is 47.0 Å². The minimum atomic E-state index is -0.748. The molecule has 2 saturated heterocycles. The fourth-order valence-electron chi connectivity index (χ4n) is 3.25. The number of urea groups is 1. The minimum Gasteiger partial charge on any atom is -0.356 e. The first-order valence-corrected chi connectivity index (χ1v) is 8.82. The predicted molar refractivity (Wildman–Crippen MR) is 94.9 cm³/mol. The first kappa shape index (κ1) is 18.5. The Morgan fingerprint density at radius 2 is 2.04 bits per heavy atom. The van der Waals surface area contributed by atoms with E-state index in [1.165, 1.54) is 4.90 Å². The number of amides is 3. The summed E-state index contributed by atoms with van der Waals surface area (Å²) in [5, 5.41) is 6.12. The van der Waals surface area contributed by atoms with Gasteiger partial charge in [-0.05, 0) is 31.6 Å². The van der Waals surface area contributed by atoms with Crippen molar-refractivity contribution in [3.8, 4) is 0 Å². The van der Waals surface area contributed by atoms with Crippen molar-refractivity contribution in [2.45, 2.75) is 52.5 Å². The molecule has 7 nitrogen and oxygen atoms in total. The molecular formula is C17H31N5O2. The topological polar surface area (TPSA) is 77.0 Å². The maximum atomic E-state index is 12.3. The third-order valence-electron chi connectivity index (χ3n) is 5.08. The molecule has 0 aliphatic carbocycles. The highest BCUT2D eigenvalue weighted by Gasteiger charge is 2.45. The molecule has 0 bridgehead atoms. The Balaban J connectivity index is 1.78. The zero-order chi connectivity index (χ0) is 18.0. The van der Waals surface area contributed by atoms with E-state index in [2.05, 4.69) is 34.4 Å². The molecular weight excluding hydrogens is 306 g/mol. The predicted octanol–water partition coefficient (Wildman–Crippen LogP) is 1.40. The fourth-order valence-corrected chi connectivity index (χ4v) is 3.25. The Bertz CT molecular complexity index is 531. The average molecular weight is 337 g/mol. The summed E-state index contributed by atoms with van der Waals surface area (Å²) in [5.74, 6) is 0.775. The maximum Gasteiger partial charge on any atom is 0.325 e. The Morgan fingerprint density at radius 3 is 2.54 bits per heavy atom. The highest BCUT2D eigenvalue weighted by atomic mass is 16.2. The molecule has 0 radical (unpaired) electrons. The largest absolute Gasteiger partial charge is 0.356 e. The van der Waals surface area contributed by atoms with Gasteiger partial charge in [0.15, 0.2) is 5.96 Å². The highest BCUT2D eigenvalue weighted by molar-refractivity contribution is 6.06. The molecule has 2 heterocycles. The van der Waals surface area contributed by atoms with Crippen molar-refractivity contribution in [2.24, 2.45) is 10.4 Å². The van der Waals surface area contributed by atoms with Crippen LogP contribution in [0.25, 0.3) is 0 Å². The van der Waals surface area contributed by atoms with Crippen molar-refractivity contribution < 1.29 is 9.59 Å². The SMILES string of the molecule is CCC1(C)NC(=O)N(CCCNC(=NC)N2CCC(C)(C)C2)C1=O. The van der Waals surface area contributed by atoms with E-state index in [0.717, 1.165) is 25.5 Å². The number of imide groups is 1. The van der Waals surface area contributed by atoms with E-state index in [1.807, 2.05) is 6.92 Å². The molecule has 24 heavy (non-hydrogen) atoms. The second-order valence-electron chi connectivity index (χ2n) is 7.74. The zero-order valence-electron chi connectivity index (χ0n) is 15.6. The quantitative estimate of drug-likeness (QED) is 0.344. The molecule has 0 aromatic carbocycles. The van der Waals surface area contributed by atoms with Gasteiger partial charge in [-0.15, -0.1) is 0 Å². The summed E-state index contributed by atoms with van der Waals surface area (Å²) >= 11 is 0. The van der Waals surface area contributed by atoms with E-state index in [0.29, 0.717) is 31.3 Å². The van der Waals surface area contributed by atoms with Gasteiger partial charge in [-0.3, -0.25) is 14.7 Å². The normalized spacial score (nSPS) is 27.0. The molecule has 0 aromatic heterocycles. The van der Waals surface area contributed by atoms with E-state index >= 15 is 0 Å². The number of hydrogen-bond acceptors (Lipinski definition) is 3. The molecule has 7 heteroatoms. The number of carbonyl (C=O) groups excluding carboxylic acids is 2. The van der Waals surface area contributed by atoms with Crippen molar-refractivity contribution in [3.63, 3.8) is 0 Å². The summed E-state index contributed by atoms with van der Waals surface area (Å²) in [6.07, 6.45) is 2.46. The molecule has 2 N–H and O–H groups in total. The molecule has 1 unspecified atom stereocenters. The molecule has 0 spiro atoms. The van der Waals surface area contributed by atoms with Crippen LogP contribution in [0.3, 0.4) is 0 Å². The first-order valence-electron chi connectivity index (χ1n) is 8.82. The summed E-state index contributed by atoms with van der Waals surface area (Å²) in [5.41, 5.74) is -0.427. The third kappa shape index (κ3) is 3.82. The smallest absolute Gasteiger partial charge is 0.325 e. The van der Waals surface area contributed by atoms with Gasteiger partial charge in [0.1, 0.15) is 5.54 Å². The lowest BCUT2D eigenvalue weighted by molar-refractivity contribution is -0.130. The van der Waals surface area contributed by atoms with Gasteiger partial charge in [-0.1, -0.05) is 20.8 Å². The van der Waals surface area contributed by atoms with Crippen LogP contribution in [-0.2, 0) is 4.79 Å². The van der Waals surface area contributed by atoms with Crippen molar-refractivity contribution >= 4 is 17.9 Å². The molecule has 2 aliphatic heterocycles. The first-order chi connectivity index (χ1) is 11.2. The van der Waals surface area contributed by atoms with Gasteiger partial charge in [0.05, 0.1) is 0 Å². The van der Waals surface area contributed by atoms with E-state index in [4.69, 9.17) is 0 Å². The van der Waals surface area contributed by atoms with Gasteiger partial charge in [0.25, 0.3) is 5.91 Å². The monoisotopic (exact) mass is 337 g/mol. The van der Waals surface area contributed by atoms with Crippen LogP contribution in [0.2, 0.25) is 0 Å². The molecule has 2 rings (SSSR count). The molecule has 1 atom stereocenters. The number of carbonyl (C=O) groups is 2. The lowest BCUT2D eigenvalue weighted by atomic mass is 9.93. The van der Waals surface area contributed by atoms with Gasteiger partial charge < -0.3 is 15.5 Å². The van der Waals surface area contributed by atoms with Crippen molar-refractivity contribution in [2.75, 3.05) is 33.2 Å². The van der Waals surface area contributed by atoms with E-state index in [9.17, 15) is 9.59 Å². The van der Waals surface area contributed by atoms with Gasteiger partial charge in [-0.25, -0.2) is 4.79 Å². The number of likely N-dealkylation sites (tertiary alicyclic amines) is 1. The van der Waals surface area contributed by atoms with Crippen LogP contribution in [0.4, 0.5) is 4.79 Å². The standard InChI is InChI=1S/C17H31N5O2/c1-6-17(4)13(23)22(15(24)20-17)10-7-9-19-14(18-5)21-11-8-16(2,3)12-21/h6-12H2,1-5H3,(H,18,19)(H,20,24). The number of nitrogens with zero attached hydrogens (tertiary/aromatic N) is 3. The molecule has 2 fully saturated rings. The van der Waals surface area contributed by atoms with E-state index in [-0.39, 0.29) is 11.9 Å². The van der Waals surface area contributed by atoms with Gasteiger partial charge in [-0.2, -0.15) is 0 Å². The maximum absolute atomic E-state index is 12.3. The third-order valence-corrected chi connectivity index (χ3v) is 5.08. The van der Waals surface area contributed by atoms with E-state index < -0.39 is 5.54 Å².